The zero-order chi connectivity index (χ0) is 16.0. The summed E-state index contributed by atoms with van der Waals surface area (Å²) in [5.74, 6) is 1.66. The lowest BCUT2D eigenvalue weighted by Crippen LogP contribution is -2.34. The van der Waals surface area contributed by atoms with E-state index in [4.69, 9.17) is 4.74 Å². The van der Waals surface area contributed by atoms with Gasteiger partial charge in [-0.1, -0.05) is 18.2 Å². The molecular weight excluding hydrogens is 289 g/mol. The molecule has 0 amide bonds. The van der Waals surface area contributed by atoms with Crippen LogP contribution in [0.1, 0.15) is 41.5 Å². The second-order valence-corrected chi connectivity index (χ2v) is 6.76. The number of methoxy groups -OCH3 is 1. The van der Waals surface area contributed by atoms with Crippen molar-refractivity contribution in [1.29, 1.82) is 0 Å². The predicted molar refractivity (Wildman–Crippen MR) is 89.3 cm³/mol. The van der Waals surface area contributed by atoms with Gasteiger partial charge in [-0.2, -0.15) is 0 Å². The standard InChI is InChI=1S/C20H22FNO/c1-22-11-3-4-17-19(13-5-7-14(21)8-6-13)16-10-9-15(23-2)12-18(16)20(17)22/h5-10,12,17,19-20H,3-4,11H2,1-2H3. The molecule has 0 saturated carbocycles. The van der Waals surface area contributed by atoms with E-state index in [9.17, 15) is 4.39 Å². The van der Waals surface area contributed by atoms with Crippen molar-refractivity contribution in [1.82, 2.24) is 4.90 Å². The molecule has 4 rings (SSSR count). The highest BCUT2D eigenvalue weighted by Gasteiger charge is 2.44. The van der Waals surface area contributed by atoms with Gasteiger partial charge in [-0.25, -0.2) is 4.39 Å². The number of likely N-dealkylation sites (tertiary alicyclic amines) is 1. The maximum Gasteiger partial charge on any atom is 0.123 e. The van der Waals surface area contributed by atoms with Crippen LogP contribution in [-0.4, -0.2) is 25.6 Å². The van der Waals surface area contributed by atoms with Gasteiger partial charge in [-0.3, -0.25) is 4.90 Å². The summed E-state index contributed by atoms with van der Waals surface area (Å²) in [6, 6.07) is 13.9. The number of hydrogen-bond acceptors (Lipinski definition) is 2. The maximum atomic E-state index is 13.3. The number of benzene rings is 2. The molecule has 0 aromatic heterocycles. The highest BCUT2D eigenvalue weighted by Crippen LogP contribution is 2.54. The van der Waals surface area contributed by atoms with Gasteiger partial charge in [0.1, 0.15) is 11.6 Å². The van der Waals surface area contributed by atoms with Crippen LogP contribution in [0.25, 0.3) is 0 Å². The van der Waals surface area contributed by atoms with E-state index in [2.05, 4.69) is 24.1 Å². The fourth-order valence-corrected chi connectivity index (χ4v) is 4.56. The predicted octanol–water partition coefficient (Wildman–Crippen LogP) is 4.36. The molecule has 0 bridgehead atoms. The Bertz CT molecular complexity index is 712. The molecule has 120 valence electrons. The van der Waals surface area contributed by atoms with Crippen LogP contribution in [0.4, 0.5) is 4.39 Å². The number of hydrogen-bond donors (Lipinski definition) is 0. The van der Waals surface area contributed by atoms with Gasteiger partial charge < -0.3 is 4.74 Å². The maximum absolute atomic E-state index is 13.3. The minimum atomic E-state index is -0.168. The quantitative estimate of drug-likeness (QED) is 0.817. The SMILES string of the molecule is COc1ccc2c(c1)C1C(CCCN1C)C2c1ccc(F)cc1. The Morgan fingerprint density at radius 1 is 1.09 bits per heavy atom. The van der Waals surface area contributed by atoms with Crippen LogP contribution in [-0.2, 0) is 0 Å². The number of rotatable bonds is 2. The lowest BCUT2D eigenvalue weighted by molar-refractivity contribution is 0.126. The Balaban J connectivity index is 1.85. The van der Waals surface area contributed by atoms with Crippen LogP contribution < -0.4 is 4.74 Å². The number of fused-ring (bicyclic) bond motifs is 3. The molecule has 3 unspecified atom stereocenters. The molecule has 0 spiro atoms. The van der Waals surface area contributed by atoms with E-state index >= 15 is 0 Å². The molecule has 2 aliphatic rings. The monoisotopic (exact) mass is 311 g/mol. The van der Waals surface area contributed by atoms with Crippen LogP contribution in [0, 0.1) is 11.7 Å². The summed E-state index contributed by atoms with van der Waals surface area (Å²) in [5.41, 5.74) is 3.98. The molecule has 1 fully saturated rings. The number of halogens is 1. The van der Waals surface area contributed by atoms with E-state index < -0.39 is 0 Å². The summed E-state index contributed by atoms with van der Waals surface area (Å²) in [7, 11) is 3.93. The van der Waals surface area contributed by atoms with Crippen molar-refractivity contribution in [2.75, 3.05) is 20.7 Å². The highest BCUT2D eigenvalue weighted by atomic mass is 19.1. The first-order valence-electron chi connectivity index (χ1n) is 8.32. The van der Waals surface area contributed by atoms with E-state index in [1.54, 1.807) is 19.2 Å². The van der Waals surface area contributed by atoms with Crippen LogP contribution in [0.3, 0.4) is 0 Å². The molecule has 1 saturated heterocycles. The number of ether oxygens (including phenoxy) is 1. The summed E-state index contributed by atoms with van der Waals surface area (Å²) in [6.07, 6.45) is 2.44. The molecule has 0 N–H and O–H groups in total. The number of piperidine rings is 1. The van der Waals surface area contributed by atoms with Crippen molar-refractivity contribution in [2.24, 2.45) is 5.92 Å². The Hall–Kier alpha value is -1.87. The van der Waals surface area contributed by atoms with E-state index in [0.717, 1.165) is 12.3 Å². The van der Waals surface area contributed by atoms with Crippen molar-refractivity contribution in [3.05, 3.63) is 65.0 Å². The minimum Gasteiger partial charge on any atom is -0.497 e. The van der Waals surface area contributed by atoms with Gasteiger partial charge in [0.2, 0.25) is 0 Å². The lowest BCUT2D eigenvalue weighted by Gasteiger charge is -2.37. The first-order chi connectivity index (χ1) is 11.2. The Morgan fingerprint density at radius 2 is 1.87 bits per heavy atom. The smallest absolute Gasteiger partial charge is 0.123 e. The van der Waals surface area contributed by atoms with Crippen molar-refractivity contribution in [2.45, 2.75) is 24.8 Å². The average Bonchev–Trinajstić information content (AvgIpc) is 2.90. The summed E-state index contributed by atoms with van der Waals surface area (Å²) in [6.45, 7) is 1.13. The van der Waals surface area contributed by atoms with E-state index in [0.29, 0.717) is 17.9 Å². The normalized spacial score (nSPS) is 26.7. The summed E-state index contributed by atoms with van der Waals surface area (Å²) in [5, 5.41) is 0. The van der Waals surface area contributed by atoms with Crippen LogP contribution in [0.15, 0.2) is 42.5 Å². The number of nitrogens with zero attached hydrogens (tertiary/aromatic N) is 1. The highest BCUT2D eigenvalue weighted by molar-refractivity contribution is 5.49. The van der Waals surface area contributed by atoms with Gasteiger partial charge in [0.15, 0.2) is 0 Å². The molecule has 0 radical (unpaired) electrons. The molecule has 1 aliphatic carbocycles. The lowest BCUT2D eigenvalue weighted by atomic mass is 9.80. The second kappa shape index (κ2) is 5.64. The van der Waals surface area contributed by atoms with Crippen molar-refractivity contribution >= 4 is 0 Å². The summed E-state index contributed by atoms with van der Waals surface area (Å²) >= 11 is 0. The Labute approximate surface area is 136 Å². The largest absolute Gasteiger partial charge is 0.497 e. The van der Waals surface area contributed by atoms with E-state index in [1.165, 1.54) is 29.5 Å². The van der Waals surface area contributed by atoms with Crippen LogP contribution in [0.5, 0.6) is 5.75 Å². The zero-order valence-corrected chi connectivity index (χ0v) is 13.6. The molecule has 23 heavy (non-hydrogen) atoms. The van der Waals surface area contributed by atoms with Gasteiger partial charge in [0.05, 0.1) is 7.11 Å². The topological polar surface area (TPSA) is 12.5 Å². The zero-order valence-electron chi connectivity index (χ0n) is 13.6. The fourth-order valence-electron chi connectivity index (χ4n) is 4.56. The third-order valence-corrected chi connectivity index (χ3v) is 5.53. The van der Waals surface area contributed by atoms with Gasteiger partial charge in [0, 0.05) is 12.0 Å². The van der Waals surface area contributed by atoms with Gasteiger partial charge in [-0.05, 0) is 73.3 Å². The van der Waals surface area contributed by atoms with Gasteiger partial charge >= 0.3 is 0 Å². The van der Waals surface area contributed by atoms with Gasteiger partial charge in [0.25, 0.3) is 0 Å². The molecule has 2 aromatic rings. The molecule has 3 atom stereocenters. The molecule has 1 aliphatic heterocycles. The van der Waals surface area contributed by atoms with Gasteiger partial charge in [-0.15, -0.1) is 0 Å². The third kappa shape index (κ3) is 2.34. The van der Waals surface area contributed by atoms with Crippen molar-refractivity contribution < 1.29 is 9.13 Å². The molecular formula is C20H22FNO. The summed E-state index contributed by atoms with van der Waals surface area (Å²) in [4.78, 5) is 2.47. The van der Waals surface area contributed by atoms with E-state index in [1.807, 2.05) is 18.2 Å². The van der Waals surface area contributed by atoms with Crippen LogP contribution in [0.2, 0.25) is 0 Å². The molecule has 3 heteroatoms. The molecule has 2 aromatic carbocycles. The Morgan fingerprint density at radius 3 is 2.61 bits per heavy atom. The summed E-state index contributed by atoms with van der Waals surface area (Å²) < 4.78 is 18.8. The first-order valence-corrected chi connectivity index (χ1v) is 8.32. The molecule has 1 heterocycles. The first kappa shape index (κ1) is 14.7. The minimum absolute atomic E-state index is 0.168. The van der Waals surface area contributed by atoms with Crippen molar-refractivity contribution in [3.63, 3.8) is 0 Å². The fraction of sp³-hybridized carbons (Fsp3) is 0.400. The van der Waals surface area contributed by atoms with Crippen LogP contribution >= 0.6 is 0 Å². The second-order valence-electron chi connectivity index (χ2n) is 6.76. The third-order valence-electron chi connectivity index (χ3n) is 5.53. The molecule has 2 nitrogen and oxygen atoms in total. The Kier molecular flexibility index (Phi) is 3.61. The van der Waals surface area contributed by atoms with Crippen molar-refractivity contribution in [3.8, 4) is 5.75 Å². The average molecular weight is 311 g/mol. The van der Waals surface area contributed by atoms with E-state index in [-0.39, 0.29) is 5.82 Å².